The highest BCUT2D eigenvalue weighted by molar-refractivity contribution is 5.95. The van der Waals surface area contributed by atoms with Gasteiger partial charge >= 0.3 is 0 Å². The average molecular weight is 289 g/mol. The fourth-order valence-electron chi connectivity index (χ4n) is 3.03. The normalized spacial score (nSPS) is 21.6. The molecular weight excluding hydrogens is 262 g/mol. The smallest absolute Gasteiger partial charge is 0.241 e. The predicted octanol–water partition coefficient (Wildman–Crippen LogP) is 3.17. The monoisotopic (exact) mass is 289 g/mol. The van der Waals surface area contributed by atoms with Crippen molar-refractivity contribution >= 4 is 17.3 Å². The van der Waals surface area contributed by atoms with Crippen LogP contribution in [0.5, 0.6) is 0 Å². The van der Waals surface area contributed by atoms with Crippen molar-refractivity contribution < 1.29 is 4.79 Å². The molecule has 4 heteroatoms. The van der Waals surface area contributed by atoms with E-state index in [1.54, 1.807) is 0 Å². The third kappa shape index (κ3) is 3.97. The Bertz CT molecular complexity index is 501. The number of rotatable bonds is 3. The summed E-state index contributed by atoms with van der Waals surface area (Å²) >= 11 is 0. The number of anilines is 2. The van der Waals surface area contributed by atoms with Crippen LogP contribution in [-0.2, 0) is 4.79 Å². The van der Waals surface area contributed by atoms with E-state index in [1.165, 1.54) is 25.7 Å². The summed E-state index contributed by atoms with van der Waals surface area (Å²) in [6.45, 7) is 7.21. The highest BCUT2D eigenvalue weighted by Gasteiger charge is 2.26. The third-order valence-corrected chi connectivity index (χ3v) is 4.50. The van der Waals surface area contributed by atoms with Crippen LogP contribution in [0.2, 0.25) is 0 Å². The van der Waals surface area contributed by atoms with E-state index < -0.39 is 0 Å². The van der Waals surface area contributed by atoms with Crippen molar-refractivity contribution in [3.8, 4) is 0 Å². The minimum absolute atomic E-state index is 0.0532. The molecule has 0 aliphatic carbocycles. The van der Waals surface area contributed by atoms with Crippen molar-refractivity contribution in [3.05, 3.63) is 23.8 Å². The van der Waals surface area contributed by atoms with E-state index in [0.29, 0.717) is 11.7 Å². The highest BCUT2D eigenvalue weighted by atomic mass is 16.2. The lowest BCUT2D eigenvalue weighted by molar-refractivity contribution is -0.121. The number of hydrogen-bond donors (Lipinski definition) is 2. The molecule has 4 nitrogen and oxygen atoms in total. The third-order valence-electron chi connectivity index (χ3n) is 4.50. The van der Waals surface area contributed by atoms with Crippen LogP contribution in [0.25, 0.3) is 0 Å². The fourth-order valence-corrected chi connectivity index (χ4v) is 3.03. The maximum absolute atomic E-state index is 12.5. The molecule has 1 fully saturated rings. The van der Waals surface area contributed by atoms with E-state index >= 15 is 0 Å². The van der Waals surface area contributed by atoms with Gasteiger partial charge in [0.1, 0.15) is 0 Å². The molecule has 2 rings (SSSR count). The van der Waals surface area contributed by atoms with Gasteiger partial charge in [-0.2, -0.15) is 0 Å². The second kappa shape index (κ2) is 6.94. The number of nitrogens with zero attached hydrogens (tertiary/aromatic N) is 1. The summed E-state index contributed by atoms with van der Waals surface area (Å²) in [5, 5.41) is 3.03. The fraction of sp³-hybridized carbons (Fsp3) is 0.588. The first kappa shape index (κ1) is 15.8. The number of carbonyl (C=O) groups excluding carboxylic acids is 1. The summed E-state index contributed by atoms with van der Waals surface area (Å²) in [6, 6.07) is 5.97. The Kier molecular flexibility index (Phi) is 5.23. The molecule has 1 aliphatic heterocycles. The Balaban J connectivity index is 2.06. The molecule has 1 aliphatic rings. The summed E-state index contributed by atoms with van der Waals surface area (Å²) in [4.78, 5) is 14.9. The predicted molar refractivity (Wildman–Crippen MR) is 88.3 cm³/mol. The van der Waals surface area contributed by atoms with Crippen molar-refractivity contribution in [3.63, 3.8) is 0 Å². The summed E-state index contributed by atoms with van der Waals surface area (Å²) < 4.78 is 0. The minimum atomic E-state index is -0.112. The Morgan fingerprint density at radius 3 is 2.90 bits per heavy atom. The standard InChI is InChI=1S/C17H27N3O/c1-12-8-9-15(18)11-16(12)19-17(21)14(3)20-10-6-4-5-7-13(20)2/h8-9,11,13-14H,4-7,10,18H2,1-3H3,(H,19,21). The number of amides is 1. The molecule has 0 saturated carbocycles. The molecule has 1 amide bonds. The first-order valence-corrected chi connectivity index (χ1v) is 7.92. The van der Waals surface area contributed by atoms with Gasteiger partial charge in [-0.05, 0) is 57.9 Å². The lowest BCUT2D eigenvalue weighted by Crippen LogP contribution is -2.46. The quantitative estimate of drug-likeness (QED) is 0.840. The van der Waals surface area contributed by atoms with Crippen LogP contribution in [0.3, 0.4) is 0 Å². The zero-order chi connectivity index (χ0) is 15.4. The van der Waals surface area contributed by atoms with E-state index in [1.807, 2.05) is 32.0 Å². The van der Waals surface area contributed by atoms with E-state index in [9.17, 15) is 4.79 Å². The van der Waals surface area contributed by atoms with Crippen LogP contribution in [0, 0.1) is 6.92 Å². The molecule has 2 atom stereocenters. The van der Waals surface area contributed by atoms with Gasteiger partial charge in [-0.1, -0.05) is 18.9 Å². The Labute approximate surface area is 127 Å². The van der Waals surface area contributed by atoms with Crippen LogP contribution < -0.4 is 11.1 Å². The van der Waals surface area contributed by atoms with Crippen molar-refractivity contribution in [2.75, 3.05) is 17.6 Å². The van der Waals surface area contributed by atoms with Crippen LogP contribution in [0.1, 0.15) is 45.1 Å². The molecule has 21 heavy (non-hydrogen) atoms. The topological polar surface area (TPSA) is 58.4 Å². The Morgan fingerprint density at radius 2 is 2.14 bits per heavy atom. The number of benzene rings is 1. The van der Waals surface area contributed by atoms with Gasteiger partial charge in [0.15, 0.2) is 0 Å². The molecule has 0 aromatic heterocycles. The van der Waals surface area contributed by atoms with Crippen LogP contribution in [0.4, 0.5) is 11.4 Å². The first-order chi connectivity index (χ1) is 9.99. The molecule has 1 saturated heterocycles. The molecule has 0 radical (unpaired) electrons. The Hall–Kier alpha value is -1.55. The largest absolute Gasteiger partial charge is 0.399 e. The van der Waals surface area contributed by atoms with Gasteiger partial charge in [-0.25, -0.2) is 0 Å². The van der Waals surface area contributed by atoms with Gasteiger partial charge in [0, 0.05) is 17.4 Å². The molecule has 1 heterocycles. The van der Waals surface area contributed by atoms with Crippen LogP contribution >= 0.6 is 0 Å². The number of carbonyl (C=O) groups is 1. The average Bonchev–Trinajstić information content (AvgIpc) is 2.66. The van der Waals surface area contributed by atoms with Gasteiger partial charge in [-0.15, -0.1) is 0 Å². The van der Waals surface area contributed by atoms with Crippen molar-refractivity contribution in [2.45, 2.75) is 58.5 Å². The van der Waals surface area contributed by atoms with Gasteiger partial charge in [-0.3, -0.25) is 9.69 Å². The van der Waals surface area contributed by atoms with E-state index in [0.717, 1.165) is 17.8 Å². The molecule has 0 bridgehead atoms. The van der Waals surface area contributed by atoms with Crippen molar-refractivity contribution in [1.82, 2.24) is 4.90 Å². The van der Waals surface area contributed by atoms with Gasteiger partial charge in [0.05, 0.1) is 6.04 Å². The number of nitrogen functional groups attached to an aromatic ring is 1. The molecule has 2 unspecified atom stereocenters. The lowest BCUT2D eigenvalue weighted by atomic mass is 10.1. The highest BCUT2D eigenvalue weighted by Crippen LogP contribution is 2.21. The maximum Gasteiger partial charge on any atom is 0.241 e. The second-order valence-corrected chi connectivity index (χ2v) is 6.18. The number of aryl methyl sites for hydroxylation is 1. The van der Waals surface area contributed by atoms with Gasteiger partial charge in [0.25, 0.3) is 0 Å². The number of nitrogens with two attached hydrogens (primary N) is 1. The first-order valence-electron chi connectivity index (χ1n) is 7.92. The van der Waals surface area contributed by atoms with Gasteiger partial charge in [0.2, 0.25) is 5.91 Å². The number of hydrogen-bond acceptors (Lipinski definition) is 3. The number of nitrogens with one attached hydrogen (secondary N) is 1. The summed E-state index contributed by atoms with van der Waals surface area (Å²) in [6.07, 6.45) is 4.89. The molecule has 0 spiro atoms. The molecule has 3 N–H and O–H groups in total. The van der Waals surface area contributed by atoms with Crippen LogP contribution in [-0.4, -0.2) is 29.4 Å². The van der Waals surface area contributed by atoms with E-state index in [4.69, 9.17) is 5.73 Å². The number of likely N-dealkylation sites (tertiary alicyclic amines) is 1. The minimum Gasteiger partial charge on any atom is -0.399 e. The van der Waals surface area contributed by atoms with Crippen LogP contribution in [0.15, 0.2) is 18.2 Å². The summed E-state index contributed by atoms with van der Waals surface area (Å²) in [5.41, 5.74) is 8.33. The van der Waals surface area contributed by atoms with Crippen molar-refractivity contribution in [2.24, 2.45) is 0 Å². The second-order valence-electron chi connectivity index (χ2n) is 6.18. The molecular formula is C17H27N3O. The zero-order valence-corrected chi connectivity index (χ0v) is 13.4. The molecule has 116 valence electrons. The Morgan fingerprint density at radius 1 is 1.38 bits per heavy atom. The molecule has 1 aromatic carbocycles. The molecule has 1 aromatic rings. The van der Waals surface area contributed by atoms with E-state index in [-0.39, 0.29) is 11.9 Å². The lowest BCUT2D eigenvalue weighted by Gasteiger charge is -2.32. The SMILES string of the molecule is Cc1ccc(N)cc1NC(=O)C(C)N1CCCCCC1C. The van der Waals surface area contributed by atoms with E-state index in [2.05, 4.69) is 17.1 Å². The van der Waals surface area contributed by atoms with Gasteiger partial charge < -0.3 is 11.1 Å². The maximum atomic E-state index is 12.5. The summed E-state index contributed by atoms with van der Waals surface area (Å²) in [5.74, 6) is 0.0532. The summed E-state index contributed by atoms with van der Waals surface area (Å²) in [7, 11) is 0. The zero-order valence-electron chi connectivity index (χ0n) is 13.4. The van der Waals surface area contributed by atoms with Crippen molar-refractivity contribution in [1.29, 1.82) is 0 Å².